The van der Waals surface area contributed by atoms with Gasteiger partial charge < -0.3 is 30.6 Å². The number of methoxy groups -OCH3 is 1. The van der Waals surface area contributed by atoms with Gasteiger partial charge in [-0.25, -0.2) is 9.97 Å². The second-order valence-electron chi connectivity index (χ2n) is 7.70. The van der Waals surface area contributed by atoms with Crippen molar-refractivity contribution in [3.05, 3.63) is 54.9 Å². The van der Waals surface area contributed by atoms with Crippen LogP contribution in [0.2, 0.25) is 0 Å². The van der Waals surface area contributed by atoms with Crippen LogP contribution in [0.25, 0.3) is 22.2 Å². The van der Waals surface area contributed by atoms with Crippen LogP contribution in [-0.4, -0.2) is 48.8 Å². The predicted octanol–water partition coefficient (Wildman–Crippen LogP) is 3.63. The van der Waals surface area contributed by atoms with Gasteiger partial charge in [0, 0.05) is 62.1 Å². The van der Waals surface area contributed by atoms with Crippen molar-refractivity contribution in [1.29, 1.82) is 0 Å². The second kappa shape index (κ2) is 9.15. The number of nitrogens with one attached hydrogen (secondary N) is 2. The van der Waals surface area contributed by atoms with E-state index in [2.05, 4.69) is 43.4 Å². The molecule has 0 saturated heterocycles. The molecule has 0 aliphatic carbocycles. The highest BCUT2D eigenvalue weighted by Crippen LogP contribution is 2.36. The zero-order valence-electron chi connectivity index (χ0n) is 18.9. The van der Waals surface area contributed by atoms with Crippen molar-refractivity contribution in [2.45, 2.75) is 0 Å². The van der Waals surface area contributed by atoms with E-state index < -0.39 is 0 Å². The summed E-state index contributed by atoms with van der Waals surface area (Å²) in [6.07, 6.45) is 3.84. The molecular weight excluding hydrogens is 402 g/mol. The first kappa shape index (κ1) is 21.5. The smallest absolute Gasteiger partial charge is 0.227 e. The topological polar surface area (TPSA) is 93.3 Å². The Morgan fingerprint density at radius 3 is 2.78 bits per heavy atom. The van der Waals surface area contributed by atoms with Crippen LogP contribution >= 0.6 is 0 Å². The first-order valence-corrected chi connectivity index (χ1v) is 10.5. The van der Waals surface area contributed by atoms with Gasteiger partial charge in [-0.05, 0) is 25.2 Å². The van der Waals surface area contributed by atoms with Crippen molar-refractivity contribution in [3.8, 4) is 17.0 Å². The monoisotopic (exact) mass is 431 g/mol. The van der Waals surface area contributed by atoms with E-state index in [4.69, 9.17) is 15.5 Å². The maximum Gasteiger partial charge on any atom is 0.227 e. The third-order valence-corrected chi connectivity index (χ3v) is 5.53. The molecule has 0 aliphatic rings. The number of rotatable bonds is 8. The summed E-state index contributed by atoms with van der Waals surface area (Å²) in [5.74, 6) is 1.15. The summed E-state index contributed by atoms with van der Waals surface area (Å²) in [6.45, 7) is 1.68. The van der Waals surface area contributed by atoms with E-state index in [1.165, 1.54) is 0 Å². The Balaban J connectivity index is 1.66. The van der Waals surface area contributed by atoms with Gasteiger partial charge in [-0.15, -0.1) is 0 Å². The number of likely N-dealkylation sites (N-methyl/N-ethyl adjacent to an activating group) is 2. The first-order valence-electron chi connectivity index (χ1n) is 10.5. The van der Waals surface area contributed by atoms with Gasteiger partial charge in [-0.1, -0.05) is 18.2 Å². The standard InChI is InChI=1S/C24H29N7O/c1-26-11-12-30(2)22-14-23(32-4)20(13-18(22)25)29-24-27-10-9-19(28-24)17-15-31(3)21-8-6-5-7-16(17)21/h5-10,13-15,26H,11-12,25H2,1-4H3,(H,27,28,29). The van der Waals surface area contributed by atoms with E-state index in [0.29, 0.717) is 23.1 Å². The van der Waals surface area contributed by atoms with E-state index >= 15 is 0 Å². The third-order valence-electron chi connectivity index (χ3n) is 5.53. The van der Waals surface area contributed by atoms with E-state index in [0.717, 1.165) is 40.9 Å². The number of aromatic nitrogens is 3. The Bertz CT molecular complexity index is 1230. The van der Waals surface area contributed by atoms with Crippen molar-refractivity contribution in [2.75, 3.05) is 50.2 Å². The molecule has 8 heteroatoms. The third kappa shape index (κ3) is 4.17. The first-order chi connectivity index (χ1) is 15.5. The highest BCUT2D eigenvalue weighted by molar-refractivity contribution is 5.95. The zero-order valence-corrected chi connectivity index (χ0v) is 18.9. The van der Waals surface area contributed by atoms with Crippen molar-refractivity contribution in [3.63, 3.8) is 0 Å². The Morgan fingerprint density at radius 1 is 1.19 bits per heavy atom. The fourth-order valence-corrected chi connectivity index (χ4v) is 3.82. The molecule has 0 saturated carbocycles. The molecule has 2 aromatic carbocycles. The van der Waals surface area contributed by atoms with Gasteiger partial charge in [0.15, 0.2) is 0 Å². The van der Waals surface area contributed by atoms with E-state index in [-0.39, 0.29) is 0 Å². The number of anilines is 4. The summed E-state index contributed by atoms with van der Waals surface area (Å²) in [5.41, 5.74) is 11.7. The van der Waals surface area contributed by atoms with Gasteiger partial charge in [0.1, 0.15) is 5.75 Å². The molecule has 0 unspecified atom stereocenters. The molecule has 0 aliphatic heterocycles. The van der Waals surface area contributed by atoms with Crippen LogP contribution in [0.15, 0.2) is 54.9 Å². The molecule has 4 aromatic rings. The molecule has 4 rings (SSSR count). The van der Waals surface area contributed by atoms with Gasteiger partial charge >= 0.3 is 0 Å². The molecule has 2 heterocycles. The van der Waals surface area contributed by atoms with Crippen LogP contribution in [0.3, 0.4) is 0 Å². The maximum atomic E-state index is 6.36. The lowest BCUT2D eigenvalue weighted by Gasteiger charge is -2.23. The largest absolute Gasteiger partial charge is 0.494 e. The number of fused-ring (bicyclic) bond motifs is 1. The number of hydrogen-bond acceptors (Lipinski definition) is 7. The lowest BCUT2D eigenvalue weighted by Crippen LogP contribution is -2.27. The lowest BCUT2D eigenvalue weighted by molar-refractivity contribution is 0.417. The van der Waals surface area contributed by atoms with Crippen molar-refractivity contribution in [2.24, 2.45) is 7.05 Å². The molecule has 0 atom stereocenters. The van der Waals surface area contributed by atoms with Crippen molar-refractivity contribution >= 4 is 33.9 Å². The quantitative estimate of drug-likeness (QED) is 0.367. The minimum Gasteiger partial charge on any atom is -0.494 e. The molecule has 0 spiro atoms. The summed E-state index contributed by atoms with van der Waals surface area (Å²) in [5, 5.41) is 7.57. The van der Waals surface area contributed by atoms with E-state index in [1.54, 1.807) is 13.3 Å². The lowest BCUT2D eigenvalue weighted by atomic mass is 10.1. The second-order valence-corrected chi connectivity index (χ2v) is 7.70. The highest BCUT2D eigenvalue weighted by atomic mass is 16.5. The van der Waals surface area contributed by atoms with Crippen LogP contribution in [0, 0.1) is 0 Å². The number of hydrogen-bond donors (Lipinski definition) is 3. The number of nitrogen functional groups attached to an aromatic ring is 1. The molecule has 2 aromatic heterocycles. The molecule has 0 amide bonds. The summed E-state index contributed by atoms with van der Waals surface area (Å²) >= 11 is 0. The Labute approximate surface area is 188 Å². The molecule has 4 N–H and O–H groups in total. The predicted molar refractivity (Wildman–Crippen MR) is 132 cm³/mol. The number of nitrogens with two attached hydrogens (primary N) is 1. The summed E-state index contributed by atoms with van der Waals surface area (Å²) in [6, 6.07) is 14.0. The molecule has 0 fully saturated rings. The van der Waals surface area contributed by atoms with Crippen LogP contribution in [0.4, 0.5) is 23.0 Å². The minimum absolute atomic E-state index is 0.476. The Kier molecular flexibility index (Phi) is 6.13. The number of aryl methyl sites for hydroxylation is 1. The number of para-hydroxylation sites is 1. The van der Waals surface area contributed by atoms with E-state index in [1.807, 2.05) is 51.5 Å². The van der Waals surface area contributed by atoms with Crippen LogP contribution < -0.4 is 26.0 Å². The van der Waals surface area contributed by atoms with E-state index in [9.17, 15) is 0 Å². The molecule has 0 bridgehead atoms. The summed E-state index contributed by atoms with van der Waals surface area (Å²) in [7, 11) is 7.61. The minimum atomic E-state index is 0.476. The summed E-state index contributed by atoms with van der Waals surface area (Å²) in [4.78, 5) is 11.3. The van der Waals surface area contributed by atoms with Crippen molar-refractivity contribution < 1.29 is 4.74 Å². The van der Waals surface area contributed by atoms with Gasteiger partial charge in [-0.2, -0.15) is 0 Å². The van der Waals surface area contributed by atoms with Gasteiger partial charge in [0.25, 0.3) is 0 Å². The number of ether oxygens (including phenoxy) is 1. The Hall–Kier alpha value is -3.78. The number of nitrogens with zero attached hydrogens (tertiary/aromatic N) is 4. The number of benzene rings is 2. The molecule has 0 radical (unpaired) electrons. The fraction of sp³-hybridized carbons (Fsp3) is 0.250. The fourth-order valence-electron chi connectivity index (χ4n) is 3.82. The highest BCUT2D eigenvalue weighted by Gasteiger charge is 2.14. The molecular formula is C24H29N7O. The van der Waals surface area contributed by atoms with Crippen LogP contribution in [0.5, 0.6) is 5.75 Å². The molecule has 8 nitrogen and oxygen atoms in total. The normalized spacial score (nSPS) is 11.0. The summed E-state index contributed by atoms with van der Waals surface area (Å²) < 4.78 is 7.73. The molecule has 32 heavy (non-hydrogen) atoms. The van der Waals surface area contributed by atoms with Gasteiger partial charge in [0.2, 0.25) is 5.95 Å². The Morgan fingerprint density at radius 2 is 2.00 bits per heavy atom. The van der Waals surface area contributed by atoms with Crippen LogP contribution in [-0.2, 0) is 7.05 Å². The maximum absolute atomic E-state index is 6.36. The zero-order chi connectivity index (χ0) is 22.7. The molecule has 166 valence electrons. The van der Waals surface area contributed by atoms with Crippen LogP contribution in [0.1, 0.15) is 0 Å². The van der Waals surface area contributed by atoms with Gasteiger partial charge in [-0.3, -0.25) is 0 Å². The van der Waals surface area contributed by atoms with Crippen molar-refractivity contribution in [1.82, 2.24) is 19.9 Å². The SMILES string of the molecule is CNCCN(C)c1cc(OC)c(Nc2nccc(-c3cn(C)c4ccccc34)n2)cc1N. The average molecular weight is 432 g/mol. The average Bonchev–Trinajstić information content (AvgIpc) is 3.14. The van der Waals surface area contributed by atoms with Gasteiger partial charge in [0.05, 0.1) is 29.9 Å².